The van der Waals surface area contributed by atoms with Crippen LogP contribution in [-0.4, -0.2) is 11.1 Å². The lowest BCUT2D eigenvalue weighted by atomic mass is 9.81. The summed E-state index contributed by atoms with van der Waals surface area (Å²) in [4.78, 5) is 11.7. The van der Waals surface area contributed by atoms with Gasteiger partial charge in [-0.05, 0) is 61.7 Å². The molecule has 1 N–H and O–H groups in total. The fourth-order valence-electron chi connectivity index (χ4n) is 5.72. The van der Waals surface area contributed by atoms with E-state index in [0.29, 0.717) is 17.8 Å². The number of fused-ring (bicyclic) bond motifs is 2. The number of allylic oxidation sites excluding steroid dienone is 1. The second kappa shape index (κ2) is 2.39. The van der Waals surface area contributed by atoms with E-state index in [-0.39, 0.29) is 10.8 Å². The normalized spacial score (nSPS) is 57.0. The molecule has 4 rings (SSSR count). The smallest absolute Gasteiger partial charge is 0.310 e. The molecule has 2 nitrogen and oxygen atoms in total. The minimum Gasteiger partial charge on any atom is -0.481 e. The Labute approximate surface area is 95.7 Å². The molecular weight excluding hydrogens is 200 g/mol. The molecule has 4 aliphatic carbocycles. The molecule has 4 aliphatic rings. The van der Waals surface area contributed by atoms with Crippen molar-refractivity contribution in [3.63, 3.8) is 0 Å². The van der Waals surface area contributed by atoms with Crippen LogP contribution in [0.4, 0.5) is 0 Å². The number of aliphatic carboxylic acids is 1. The molecule has 0 aromatic carbocycles. The third kappa shape index (κ3) is 0.696. The van der Waals surface area contributed by atoms with Crippen LogP contribution in [0.25, 0.3) is 0 Å². The lowest BCUT2D eigenvalue weighted by Crippen LogP contribution is -2.26. The van der Waals surface area contributed by atoms with Crippen LogP contribution in [-0.2, 0) is 4.79 Å². The molecule has 0 radical (unpaired) electrons. The van der Waals surface area contributed by atoms with Gasteiger partial charge in [-0.1, -0.05) is 12.2 Å². The van der Waals surface area contributed by atoms with Gasteiger partial charge in [0, 0.05) is 0 Å². The first kappa shape index (κ1) is 9.26. The number of hydrogen-bond donors (Lipinski definition) is 1. The molecule has 0 aliphatic heterocycles. The SMILES string of the molecule is C=C1CC[C@@H]2C[C@@H]3[C@H]1CC[C@@]31C[C@@]21C(=O)O. The van der Waals surface area contributed by atoms with Gasteiger partial charge in [-0.25, -0.2) is 0 Å². The monoisotopic (exact) mass is 218 g/mol. The van der Waals surface area contributed by atoms with Gasteiger partial charge in [0.15, 0.2) is 0 Å². The third-order valence-electron chi connectivity index (χ3n) is 6.41. The Hall–Kier alpha value is -0.790. The topological polar surface area (TPSA) is 37.3 Å². The predicted molar refractivity (Wildman–Crippen MR) is 59.8 cm³/mol. The molecule has 0 heterocycles. The standard InChI is InChI=1S/C14H18O2/c1-8-2-3-9-6-11-10(8)4-5-13(11)7-14(9,13)12(15)16/h9-11H,1-7H2,(H,15,16)/t9-,10+,11-,13-,14+/m1/s1. The lowest BCUT2D eigenvalue weighted by molar-refractivity contribution is -0.146. The molecule has 0 aromatic heterocycles. The van der Waals surface area contributed by atoms with Crippen molar-refractivity contribution in [3.8, 4) is 0 Å². The fourth-order valence-corrected chi connectivity index (χ4v) is 5.72. The van der Waals surface area contributed by atoms with Gasteiger partial charge in [0.1, 0.15) is 0 Å². The van der Waals surface area contributed by atoms with Gasteiger partial charge in [0.25, 0.3) is 0 Å². The van der Waals surface area contributed by atoms with E-state index in [9.17, 15) is 9.90 Å². The van der Waals surface area contributed by atoms with Gasteiger partial charge in [0.05, 0.1) is 5.41 Å². The molecule has 1 spiro atoms. The highest BCUT2D eigenvalue weighted by Crippen LogP contribution is 2.85. The Bertz CT molecular complexity index is 413. The van der Waals surface area contributed by atoms with Crippen molar-refractivity contribution in [1.82, 2.24) is 0 Å². The average Bonchev–Trinajstić information content (AvgIpc) is 2.70. The summed E-state index contributed by atoms with van der Waals surface area (Å²) in [5.74, 6) is 1.29. The van der Waals surface area contributed by atoms with E-state index in [2.05, 4.69) is 6.58 Å². The zero-order valence-corrected chi connectivity index (χ0v) is 9.54. The van der Waals surface area contributed by atoms with E-state index in [1.165, 1.54) is 18.4 Å². The van der Waals surface area contributed by atoms with E-state index < -0.39 is 5.97 Å². The van der Waals surface area contributed by atoms with Crippen LogP contribution in [0, 0.1) is 28.6 Å². The molecule has 0 amide bonds. The van der Waals surface area contributed by atoms with E-state index >= 15 is 0 Å². The summed E-state index contributed by atoms with van der Waals surface area (Å²) in [5, 5.41) is 9.61. The summed E-state index contributed by atoms with van der Waals surface area (Å²) in [6, 6.07) is 0. The molecule has 4 fully saturated rings. The van der Waals surface area contributed by atoms with Crippen molar-refractivity contribution in [2.75, 3.05) is 0 Å². The maximum atomic E-state index is 11.7. The highest BCUT2D eigenvalue weighted by molar-refractivity contribution is 5.82. The van der Waals surface area contributed by atoms with Crippen molar-refractivity contribution < 1.29 is 9.90 Å². The zero-order valence-electron chi connectivity index (χ0n) is 9.54. The van der Waals surface area contributed by atoms with E-state index in [1.807, 2.05) is 0 Å². The summed E-state index contributed by atoms with van der Waals surface area (Å²) in [5.41, 5.74) is 1.33. The summed E-state index contributed by atoms with van der Waals surface area (Å²) >= 11 is 0. The first-order chi connectivity index (χ1) is 7.62. The highest BCUT2D eigenvalue weighted by Gasteiger charge is 2.83. The van der Waals surface area contributed by atoms with Crippen molar-refractivity contribution in [2.45, 2.75) is 38.5 Å². The number of rotatable bonds is 1. The summed E-state index contributed by atoms with van der Waals surface area (Å²) in [6.07, 6.45) is 6.69. The van der Waals surface area contributed by atoms with Crippen LogP contribution >= 0.6 is 0 Å². The Kier molecular flexibility index (Phi) is 1.38. The van der Waals surface area contributed by atoms with Gasteiger partial charge in [-0.2, -0.15) is 0 Å². The average molecular weight is 218 g/mol. The van der Waals surface area contributed by atoms with Crippen LogP contribution in [0.1, 0.15) is 38.5 Å². The summed E-state index contributed by atoms with van der Waals surface area (Å²) < 4.78 is 0. The maximum absolute atomic E-state index is 11.7. The Morgan fingerprint density at radius 3 is 3.00 bits per heavy atom. The van der Waals surface area contributed by atoms with E-state index in [1.54, 1.807) is 0 Å². The second-order valence-electron chi connectivity index (χ2n) is 6.49. The van der Waals surface area contributed by atoms with Crippen LogP contribution in [0.2, 0.25) is 0 Å². The number of hydrogen-bond acceptors (Lipinski definition) is 1. The maximum Gasteiger partial charge on any atom is 0.310 e. The van der Waals surface area contributed by atoms with E-state index in [0.717, 1.165) is 25.7 Å². The highest BCUT2D eigenvalue weighted by atomic mass is 16.4. The van der Waals surface area contributed by atoms with Gasteiger partial charge in [0.2, 0.25) is 0 Å². The van der Waals surface area contributed by atoms with Crippen LogP contribution in [0.3, 0.4) is 0 Å². The molecule has 2 heteroatoms. The van der Waals surface area contributed by atoms with Crippen molar-refractivity contribution >= 4 is 5.97 Å². The molecular formula is C14H18O2. The quantitative estimate of drug-likeness (QED) is 0.687. The Morgan fingerprint density at radius 2 is 2.25 bits per heavy atom. The van der Waals surface area contributed by atoms with Gasteiger partial charge in [-0.15, -0.1) is 0 Å². The number of carbonyl (C=O) groups is 1. The molecule has 0 saturated heterocycles. The summed E-state index contributed by atoms with van der Waals surface area (Å²) in [6.45, 7) is 4.24. The zero-order chi connectivity index (χ0) is 11.1. The van der Waals surface area contributed by atoms with Crippen LogP contribution in [0.5, 0.6) is 0 Å². The summed E-state index contributed by atoms with van der Waals surface area (Å²) in [7, 11) is 0. The van der Waals surface area contributed by atoms with Gasteiger partial charge < -0.3 is 5.11 Å². The largest absolute Gasteiger partial charge is 0.481 e. The molecule has 0 aromatic rings. The lowest BCUT2D eigenvalue weighted by Gasteiger charge is -2.22. The van der Waals surface area contributed by atoms with Gasteiger partial charge in [-0.3, -0.25) is 4.79 Å². The van der Waals surface area contributed by atoms with Crippen LogP contribution in [0.15, 0.2) is 12.2 Å². The van der Waals surface area contributed by atoms with Crippen molar-refractivity contribution in [3.05, 3.63) is 12.2 Å². The fraction of sp³-hybridized carbons (Fsp3) is 0.786. The first-order valence-electron chi connectivity index (χ1n) is 6.53. The number of carboxylic acid groups (broad SMARTS) is 1. The minimum atomic E-state index is -0.492. The molecule has 4 saturated carbocycles. The Morgan fingerprint density at radius 1 is 1.44 bits per heavy atom. The molecule has 5 atom stereocenters. The third-order valence-corrected chi connectivity index (χ3v) is 6.41. The predicted octanol–water partition coefficient (Wildman–Crippen LogP) is 2.84. The molecule has 86 valence electrons. The Balaban J connectivity index is 1.85. The van der Waals surface area contributed by atoms with Crippen LogP contribution < -0.4 is 0 Å². The molecule has 2 bridgehead atoms. The number of carboxylic acids is 1. The second-order valence-corrected chi connectivity index (χ2v) is 6.49. The molecule has 0 unspecified atom stereocenters. The van der Waals surface area contributed by atoms with Crippen molar-refractivity contribution in [2.24, 2.45) is 28.6 Å². The van der Waals surface area contributed by atoms with Crippen molar-refractivity contribution in [1.29, 1.82) is 0 Å². The van der Waals surface area contributed by atoms with E-state index in [4.69, 9.17) is 0 Å². The minimum absolute atomic E-state index is 0.206. The molecule has 16 heavy (non-hydrogen) atoms. The van der Waals surface area contributed by atoms with Gasteiger partial charge >= 0.3 is 5.97 Å². The first-order valence-corrected chi connectivity index (χ1v) is 6.53.